The van der Waals surface area contributed by atoms with Gasteiger partial charge in [0.1, 0.15) is 29.3 Å². The number of nitrogens with zero attached hydrogens (tertiary/aromatic N) is 1. The number of halogens is 2. The predicted molar refractivity (Wildman–Crippen MR) is 124 cm³/mol. The van der Waals surface area contributed by atoms with E-state index in [0.717, 1.165) is 0 Å². The van der Waals surface area contributed by atoms with Gasteiger partial charge in [0.2, 0.25) is 10.0 Å². The first-order valence-corrected chi connectivity index (χ1v) is 14.9. The van der Waals surface area contributed by atoms with Crippen LogP contribution < -0.4 is 9.46 Å². The van der Waals surface area contributed by atoms with Crippen molar-refractivity contribution in [3.05, 3.63) is 29.0 Å². The van der Waals surface area contributed by atoms with Crippen molar-refractivity contribution in [2.45, 2.75) is 69.4 Å². The Labute approximate surface area is 189 Å². The van der Waals surface area contributed by atoms with Crippen molar-refractivity contribution < 1.29 is 22.0 Å². The Morgan fingerprint density at radius 3 is 2.48 bits per heavy atom. The van der Waals surface area contributed by atoms with Crippen LogP contribution in [-0.2, 0) is 14.4 Å². The van der Waals surface area contributed by atoms with Gasteiger partial charge >= 0.3 is 0 Å². The van der Waals surface area contributed by atoms with E-state index in [2.05, 4.69) is 43.6 Å². The highest BCUT2D eigenvalue weighted by molar-refractivity contribution is 7.89. The first-order valence-electron chi connectivity index (χ1n) is 10.1. The third-order valence-electron chi connectivity index (χ3n) is 5.87. The average molecular weight is 489 g/mol. The van der Waals surface area contributed by atoms with Gasteiger partial charge in [-0.3, -0.25) is 0 Å². The number of nitrogens with one attached hydrogen (secondary N) is 1. The van der Waals surface area contributed by atoms with Crippen molar-refractivity contribution in [3.63, 3.8) is 0 Å². The highest BCUT2D eigenvalue weighted by Crippen LogP contribution is 2.47. The molecule has 0 bridgehead atoms. The lowest BCUT2D eigenvalue weighted by Crippen LogP contribution is -2.42. The maximum absolute atomic E-state index is 14.0. The van der Waals surface area contributed by atoms with Crippen LogP contribution in [0.4, 0.5) is 4.39 Å². The van der Waals surface area contributed by atoms with Gasteiger partial charge in [-0.2, -0.15) is 0 Å². The fraction of sp³-hybridized carbons (Fsp3) is 0.571. The number of pyridine rings is 1. The zero-order chi connectivity index (χ0) is 23.4. The van der Waals surface area contributed by atoms with Gasteiger partial charge in [0.05, 0.1) is 4.90 Å². The summed E-state index contributed by atoms with van der Waals surface area (Å²) in [7, 11) is -6.18. The summed E-state index contributed by atoms with van der Waals surface area (Å²) in [4.78, 5) is 4.11. The van der Waals surface area contributed by atoms with Crippen LogP contribution in [0, 0.1) is 0 Å². The molecule has 0 aliphatic carbocycles. The quantitative estimate of drug-likeness (QED) is 0.437. The van der Waals surface area contributed by atoms with E-state index in [4.69, 9.17) is 20.8 Å². The summed E-state index contributed by atoms with van der Waals surface area (Å²) in [6.07, 6.45) is 1.10. The Morgan fingerprint density at radius 2 is 1.90 bits per heavy atom. The summed E-state index contributed by atoms with van der Waals surface area (Å²) in [5.74, 6) is 0.549. The van der Waals surface area contributed by atoms with Gasteiger partial charge in [-0.05, 0) is 44.1 Å². The van der Waals surface area contributed by atoms with Crippen molar-refractivity contribution in [1.29, 1.82) is 0 Å². The highest BCUT2D eigenvalue weighted by atomic mass is 35.5. The summed E-state index contributed by atoms with van der Waals surface area (Å²) in [5.41, 5.74) is -1.04. The molecule has 1 unspecified atom stereocenters. The smallest absolute Gasteiger partial charge is 0.241 e. The zero-order valence-electron chi connectivity index (χ0n) is 19.0. The third-order valence-corrected chi connectivity index (χ3v) is 12.0. The van der Waals surface area contributed by atoms with E-state index >= 15 is 0 Å². The number of fused-ring (bicyclic) bond motifs is 3. The van der Waals surface area contributed by atoms with E-state index < -0.39 is 30.1 Å². The molecule has 172 valence electrons. The van der Waals surface area contributed by atoms with Crippen molar-refractivity contribution in [3.8, 4) is 5.75 Å². The highest BCUT2D eigenvalue weighted by Gasteiger charge is 2.42. The molecule has 1 aliphatic heterocycles. The van der Waals surface area contributed by atoms with Crippen molar-refractivity contribution in [1.82, 2.24) is 9.71 Å². The Bertz CT molecular complexity index is 1110. The lowest BCUT2D eigenvalue weighted by molar-refractivity contribution is 0.147. The summed E-state index contributed by atoms with van der Waals surface area (Å²) in [6.45, 7) is 13.2. The lowest BCUT2D eigenvalue weighted by Gasteiger charge is -2.38. The molecule has 1 N–H and O–H groups in total. The molecule has 0 amide bonds. The van der Waals surface area contributed by atoms with Gasteiger partial charge in [0.25, 0.3) is 0 Å². The fourth-order valence-corrected chi connectivity index (χ4v) is 5.95. The molecule has 1 aliphatic rings. The summed E-state index contributed by atoms with van der Waals surface area (Å²) >= 11 is 6.06. The molecule has 1 aromatic heterocycles. The second-order valence-corrected chi connectivity index (χ2v) is 16.9. The van der Waals surface area contributed by atoms with Gasteiger partial charge < -0.3 is 9.16 Å². The number of hydrogen-bond donors (Lipinski definition) is 1. The molecule has 0 radical (unpaired) electrons. The summed E-state index contributed by atoms with van der Waals surface area (Å²) < 4.78 is 55.1. The third kappa shape index (κ3) is 5.06. The minimum atomic E-state index is -4.03. The number of rotatable bonds is 6. The predicted octanol–water partition coefficient (Wildman–Crippen LogP) is 5.37. The van der Waals surface area contributed by atoms with Crippen LogP contribution in [0.3, 0.4) is 0 Å². The van der Waals surface area contributed by atoms with E-state index in [1.807, 2.05) is 0 Å². The van der Waals surface area contributed by atoms with Crippen LogP contribution in [0.25, 0.3) is 10.8 Å². The first kappa shape index (κ1) is 24.4. The Kier molecular flexibility index (Phi) is 6.25. The molecule has 3 rings (SSSR count). The van der Waals surface area contributed by atoms with Crippen LogP contribution in [0.5, 0.6) is 5.75 Å². The monoisotopic (exact) mass is 488 g/mol. The number of alkyl halides is 1. The van der Waals surface area contributed by atoms with Gasteiger partial charge in [-0.25, -0.2) is 22.5 Å². The standard InChI is InChI=1S/C21H30ClFN2O4SSi/c1-20(2,3)31(6,7)29-16-11-28-19-14(16)8-17(13-9-18(22)24-10-15(13)19)30(26,27)25-12-21(4,5)23/h8-10,16,25H,11-12H2,1-7H3. The number of sulfonamides is 1. The van der Waals surface area contributed by atoms with Gasteiger partial charge in [0.15, 0.2) is 8.32 Å². The number of ether oxygens (including phenoxy) is 1. The van der Waals surface area contributed by atoms with E-state index in [0.29, 0.717) is 22.1 Å². The number of aromatic nitrogens is 1. The van der Waals surface area contributed by atoms with Crippen molar-refractivity contribution in [2.24, 2.45) is 0 Å². The normalized spacial score (nSPS) is 17.6. The molecular weight excluding hydrogens is 459 g/mol. The Hall–Kier alpha value is -1.26. The molecule has 1 aromatic carbocycles. The molecular formula is C21H30ClFN2O4SSi. The molecule has 31 heavy (non-hydrogen) atoms. The largest absolute Gasteiger partial charge is 0.489 e. The molecule has 0 saturated heterocycles. The summed E-state index contributed by atoms with van der Waals surface area (Å²) in [5, 5.41) is 1.03. The van der Waals surface area contributed by atoms with Crippen LogP contribution in [-0.4, -0.2) is 40.5 Å². The lowest BCUT2D eigenvalue weighted by atomic mass is 10.1. The molecule has 2 heterocycles. The molecule has 10 heteroatoms. The fourth-order valence-electron chi connectivity index (χ4n) is 3.10. The van der Waals surface area contributed by atoms with Crippen LogP contribution in [0.1, 0.15) is 46.3 Å². The Balaban J connectivity index is 2.14. The van der Waals surface area contributed by atoms with Gasteiger partial charge in [0, 0.05) is 29.1 Å². The number of benzene rings is 1. The van der Waals surface area contributed by atoms with E-state index in [1.165, 1.54) is 26.1 Å². The molecule has 6 nitrogen and oxygen atoms in total. The van der Waals surface area contributed by atoms with Crippen LogP contribution in [0.2, 0.25) is 23.3 Å². The maximum Gasteiger partial charge on any atom is 0.241 e. The van der Waals surface area contributed by atoms with Crippen LogP contribution in [0.15, 0.2) is 23.2 Å². The SMILES string of the molecule is CC(C)(F)CNS(=O)(=O)c1cc2c(c3cnc(Cl)cc13)OCC2O[Si](C)(C)C(C)(C)C. The zero-order valence-corrected chi connectivity index (χ0v) is 21.5. The second-order valence-electron chi connectivity index (χ2n) is 10.1. The Morgan fingerprint density at radius 1 is 1.26 bits per heavy atom. The molecule has 2 aromatic rings. The van der Waals surface area contributed by atoms with E-state index in [-0.39, 0.29) is 28.2 Å². The minimum absolute atomic E-state index is 0.00383. The topological polar surface area (TPSA) is 77.5 Å². The van der Waals surface area contributed by atoms with Gasteiger partial charge in [-0.15, -0.1) is 0 Å². The molecule has 0 fully saturated rings. The maximum atomic E-state index is 14.0. The average Bonchev–Trinajstić information content (AvgIpc) is 3.00. The van der Waals surface area contributed by atoms with Gasteiger partial charge in [-0.1, -0.05) is 32.4 Å². The summed E-state index contributed by atoms with van der Waals surface area (Å²) in [6, 6.07) is 3.05. The minimum Gasteiger partial charge on any atom is -0.489 e. The molecule has 0 saturated carbocycles. The first-order chi connectivity index (χ1) is 14.0. The number of hydrogen-bond acceptors (Lipinski definition) is 5. The van der Waals surface area contributed by atoms with Crippen molar-refractivity contribution >= 4 is 40.7 Å². The van der Waals surface area contributed by atoms with Crippen molar-refractivity contribution in [2.75, 3.05) is 13.2 Å². The van der Waals surface area contributed by atoms with Crippen LogP contribution >= 0.6 is 11.6 Å². The van der Waals surface area contributed by atoms with E-state index in [9.17, 15) is 12.8 Å². The molecule has 0 spiro atoms. The van der Waals surface area contributed by atoms with E-state index in [1.54, 1.807) is 6.07 Å². The molecule has 1 atom stereocenters. The second kappa shape index (κ2) is 7.95.